The van der Waals surface area contributed by atoms with Gasteiger partial charge in [0.05, 0.1) is 17.8 Å². The second-order valence-electron chi connectivity index (χ2n) is 5.02. The predicted molar refractivity (Wildman–Crippen MR) is 75.9 cm³/mol. The first-order valence-corrected chi connectivity index (χ1v) is 7.50. The summed E-state index contributed by atoms with van der Waals surface area (Å²) in [4.78, 5) is 28.9. The molecule has 0 saturated carbocycles. The fraction of sp³-hybridized carbons (Fsp3) is 0.308. The number of nitrogens with zero attached hydrogens (tertiary/aromatic N) is 3. The minimum Gasteiger partial charge on any atom is -0.477 e. The molecule has 7 nitrogen and oxygen atoms in total. The second-order valence-corrected chi connectivity index (χ2v) is 5.98. The topological polar surface area (TPSA) is 87.5 Å². The van der Waals surface area contributed by atoms with Crippen LogP contribution in [0.25, 0.3) is 6.08 Å². The van der Waals surface area contributed by atoms with E-state index in [-0.39, 0.29) is 17.0 Å². The van der Waals surface area contributed by atoms with Crippen molar-refractivity contribution < 1.29 is 14.7 Å². The molecule has 0 radical (unpaired) electrons. The van der Waals surface area contributed by atoms with Gasteiger partial charge in [0.15, 0.2) is 0 Å². The van der Waals surface area contributed by atoms with Gasteiger partial charge in [-0.15, -0.1) is 11.8 Å². The van der Waals surface area contributed by atoms with Crippen LogP contribution in [0.1, 0.15) is 11.5 Å². The van der Waals surface area contributed by atoms with Crippen LogP contribution in [0.15, 0.2) is 22.9 Å². The third kappa shape index (κ3) is 1.83. The van der Waals surface area contributed by atoms with E-state index < -0.39 is 5.97 Å². The highest BCUT2D eigenvalue weighted by molar-refractivity contribution is 8.03. The number of amides is 1. The summed E-state index contributed by atoms with van der Waals surface area (Å²) in [6.07, 6.45) is 3.70. The Morgan fingerprint density at radius 1 is 1.57 bits per heavy atom. The minimum absolute atomic E-state index is 0.0560. The number of thioether (sulfide) groups is 1. The van der Waals surface area contributed by atoms with Crippen LogP contribution >= 0.6 is 11.8 Å². The molecular weight excluding hydrogens is 292 g/mol. The second kappa shape index (κ2) is 4.47. The Balaban J connectivity index is 1.60. The van der Waals surface area contributed by atoms with E-state index in [0.29, 0.717) is 5.57 Å². The molecule has 0 spiro atoms. The van der Waals surface area contributed by atoms with E-state index in [1.54, 1.807) is 6.08 Å². The quantitative estimate of drug-likeness (QED) is 0.600. The number of carbonyl (C=O) groups is 2. The minimum atomic E-state index is -1.07. The summed E-state index contributed by atoms with van der Waals surface area (Å²) in [6.45, 7) is 2.51. The molecule has 3 aliphatic heterocycles. The van der Waals surface area contributed by atoms with E-state index >= 15 is 0 Å². The Kier molecular flexibility index (Phi) is 2.69. The molecule has 1 amide bonds. The van der Waals surface area contributed by atoms with Crippen molar-refractivity contribution >= 4 is 29.7 Å². The van der Waals surface area contributed by atoms with E-state index in [1.807, 2.05) is 6.20 Å². The molecule has 21 heavy (non-hydrogen) atoms. The molecule has 8 heteroatoms. The lowest BCUT2D eigenvalue weighted by molar-refractivity contribution is -0.141. The molecular formula is C13H12N4O3S. The van der Waals surface area contributed by atoms with E-state index in [0.717, 1.165) is 31.2 Å². The van der Waals surface area contributed by atoms with Gasteiger partial charge in [-0.25, -0.2) is 9.78 Å². The first kappa shape index (κ1) is 12.7. The third-order valence-electron chi connectivity index (χ3n) is 3.75. The van der Waals surface area contributed by atoms with Crippen LogP contribution in [-0.2, 0) is 22.7 Å². The summed E-state index contributed by atoms with van der Waals surface area (Å²) >= 11 is 1.34. The molecule has 1 atom stereocenters. The lowest BCUT2D eigenvalue weighted by Crippen LogP contribution is -2.51. The van der Waals surface area contributed by atoms with E-state index in [9.17, 15) is 9.59 Å². The number of nitrogens with one attached hydrogen (secondary N) is 1. The Morgan fingerprint density at radius 3 is 3.19 bits per heavy atom. The average molecular weight is 304 g/mol. The molecule has 1 saturated heterocycles. The molecule has 1 unspecified atom stereocenters. The molecule has 108 valence electrons. The number of aromatic nitrogens is 2. The summed E-state index contributed by atoms with van der Waals surface area (Å²) in [7, 11) is 0. The summed E-state index contributed by atoms with van der Waals surface area (Å²) < 4.78 is 2.08. The van der Waals surface area contributed by atoms with Crippen molar-refractivity contribution in [2.45, 2.75) is 18.5 Å². The van der Waals surface area contributed by atoms with Crippen LogP contribution in [-0.4, -0.2) is 43.4 Å². The molecule has 0 aliphatic carbocycles. The Labute approximate surface area is 124 Å². The van der Waals surface area contributed by atoms with Crippen LogP contribution in [0.3, 0.4) is 0 Å². The van der Waals surface area contributed by atoms with Crippen molar-refractivity contribution in [3.8, 4) is 0 Å². The normalized spacial score (nSPS) is 25.4. The molecule has 4 rings (SSSR count). The molecule has 2 N–H and O–H groups in total. The van der Waals surface area contributed by atoms with E-state index in [2.05, 4.69) is 14.9 Å². The Morgan fingerprint density at radius 2 is 2.43 bits per heavy atom. The van der Waals surface area contributed by atoms with Crippen molar-refractivity contribution in [3.05, 3.63) is 34.4 Å². The number of carbonyl (C=O) groups excluding carboxylic acids is 1. The molecule has 4 heterocycles. The molecule has 1 aromatic heterocycles. The van der Waals surface area contributed by atoms with Gasteiger partial charge in [0.2, 0.25) is 0 Å². The van der Waals surface area contributed by atoms with Crippen molar-refractivity contribution in [1.29, 1.82) is 0 Å². The number of rotatable bonds is 2. The SMILES string of the molecule is O=C(O)C1=CSC2/C(=C/c3cn4c(n3)CNCC4)C(=O)N12. The zero-order chi connectivity index (χ0) is 14.6. The number of fused-ring (bicyclic) bond motifs is 2. The monoisotopic (exact) mass is 304 g/mol. The van der Waals surface area contributed by atoms with Crippen LogP contribution in [0.5, 0.6) is 0 Å². The van der Waals surface area contributed by atoms with Gasteiger partial charge >= 0.3 is 5.97 Å². The maximum atomic E-state index is 12.1. The van der Waals surface area contributed by atoms with Gasteiger partial charge in [-0.05, 0) is 6.08 Å². The highest BCUT2D eigenvalue weighted by Gasteiger charge is 2.49. The van der Waals surface area contributed by atoms with Crippen molar-refractivity contribution in [3.63, 3.8) is 0 Å². The summed E-state index contributed by atoms with van der Waals surface area (Å²) in [5, 5.41) is 13.6. The van der Waals surface area contributed by atoms with E-state index in [4.69, 9.17) is 5.11 Å². The fourth-order valence-corrected chi connectivity index (χ4v) is 3.82. The Hall–Kier alpha value is -2.06. The lowest BCUT2D eigenvalue weighted by Gasteiger charge is -2.36. The lowest BCUT2D eigenvalue weighted by atomic mass is 10.0. The number of aliphatic carboxylic acids is 1. The summed E-state index contributed by atoms with van der Waals surface area (Å²) in [5.41, 5.74) is 1.41. The number of imidazole rings is 1. The smallest absolute Gasteiger partial charge is 0.353 e. The van der Waals surface area contributed by atoms with Gasteiger partial charge in [-0.2, -0.15) is 0 Å². The van der Waals surface area contributed by atoms with Gasteiger partial charge in [-0.1, -0.05) is 0 Å². The number of hydrogen-bond acceptors (Lipinski definition) is 5. The molecule has 3 aliphatic rings. The number of hydrogen-bond donors (Lipinski definition) is 2. The van der Waals surface area contributed by atoms with Gasteiger partial charge in [0, 0.05) is 24.7 Å². The first-order chi connectivity index (χ1) is 10.1. The Bertz CT molecular complexity index is 697. The zero-order valence-electron chi connectivity index (χ0n) is 10.9. The first-order valence-electron chi connectivity index (χ1n) is 6.56. The molecule has 0 aromatic carbocycles. The fourth-order valence-electron chi connectivity index (χ4n) is 2.71. The largest absolute Gasteiger partial charge is 0.477 e. The van der Waals surface area contributed by atoms with Crippen LogP contribution in [0, 0.1) is 0 Å². The predicted octanol–water partition coefficient (Wildman–Crippen LogP) is 0.211. The van der Waals surface area contributed by atoms with Gasteiger partial charge in [-0.3, -0.25) is 9.69 Å². The van der Waals surface area contributed by atoms with Gasteiger partial charge in [0.1, 0.15) is 16.9 Å². The molecule has 0 bridgehead atoms. The maximum Gasteiger partial charge on any atom is 0.353 e. The maximum absolute atomic E-state index is 12.1. The van der Waals surface area contributed by atoms with E-state index in [1.165, 1.54) is 22.1 Å². The average Bonchev–Trinajstić information content (AvgIpc) is 3.05. The number of carboxylic acid groups (broad SMARTS) is 1. The summed E-state index contributed by atoms with van der Waals surface area (Å²) in [6, 6.07) is 0. The number of β-lactam (4-membered cyclic amide) rings is 1. The zero-order valence-corrected chi connectivity index (χ0v) is 11.8. The molecule has 1 aromatic rings. The highest BCUT2D eigenvalue weighted by atomic mass is 32.2. The summed E-state index contributed by atoms with van der Waals surface area (Å²) in [5.74, 6) is -0.358. The number of carboxylic acids is 1. The van der Waals surface area contributed by atoms with Crippen molar-refractivity contribution in [2.75, 3.05) is 6.54 Å². The van der Waals surface area contributed by atoms with Crippen LogP contribution < -0.4 is 5.32 Å². The van der Waals surface area contributed by atoms with Crippen molar-refractivity contribution in [1.82, 2.24) is 19.8 Å². The molecule has 1 fully saturated rings. The third-order valence-corrected chi connectivity index (χ3v) is 4.83. The van der Waals surface area contributed by atoms with Gasteiger partial charge < -0.3 is 15.0 Å². The van der Waals surface area contributed by atoms with Crippen molar-refractivity contribution in [2.24, 2.45) is 0 Å². The van der Waals surface area contributed by atoms with Gasteiger partial charge in [0.25, 0.3) is 5.91 Å². The standard InChI is InChI=1S/C13H12N4O3S/c18-11-8(12-17(11)9(6-21-12)13(19)20)3-7-5-16-2-1-14-4-10(16)15-7/h3,5-6,12,14H,1-2,4H2,(H,19,20)/b8-3+. The van der Waals surface area contributed by atoms with Crippen LogP contribution in [0.2, 0.25) is 0 Å². The highest BCUT2D eigenvalue weighted by Crippen LogP contribution is 2.44. The van der Waals surface area contributed by atoms with Crippen LogP contribution in [0.4, 0.5) is 0 Å².